The predicted molar refractivity (Wildman–Crippen MR) is 64.6 cm³/mol. The summed E-state index contributed by atoms with van der Waals surface area (Å²) in [5, 5.41) is 11.9. The number of nitrogens with one attached hydrogen (secondary N) is 1. The monoisotopic (exact) mass is 223 g/mol. The van der Waals surface area contributed by atoms with Crippen LogP contribution in [0.3, 0.4) is 0 Å². The maximum Gasteiger partial charge on any atom is 0.123 e. The first-order valence-corrected chi connectivity index (χ1v) is 5.48. The summed E-state index contributed by atoms with van der Waals surface area (Å²) in [6, 6.07) is 6.68. The van der Waals surface area contributed by atoms with Crippen molar-refractivity contribution in [2.45, 2.75) is 19.4 Å². The Morgan fingerprint density at radius 1 is 1.38 bits per heavy atom. The molecule has 0 saturated heterocycles. The molecule has 0 spiro atoms. The minimum Gasteiger partial charge on any atom is -0.396 e. The number of benzene rings is 1. The fraction of sp³-hybridized carbons (Fsp3) is 0.385. The fourth-order valence-corrected chi connectivity index (χ4v) is 1.33. The van der Waals surface area contributed by atoms with E-state index in [-0.39, 0.29) is 12.4 Å². The van der Waals surface area contributed by atoms with Gasteiger partial charge in [-0.1, -0.05) is 24.3 Å². The molecule has 0 aliphatic carbocycles. The Bertz CT molecular complexity index is 321. The molecular weight excluding hydrogens is 205 g/mol. The van der Waals surface area contributed by atoms with Crippen LogP contribution in [-0.4, -0.2) is 24.3 Å². The maximum atomic E-state index is 12.6. The summed E-state index contributed by atoms with van der Waals surface area (Å²) in [4.78, 5) is 0. The van der Waals surface area contributed by atoms with Crippen LogP contribution in [0.4, 0.5) is 4.39 Å². The van der Waals surface area contributed by atoms with Crippen LogP contribution in [0, 0.1) is 5.82 Å². The zero-order valence-corrected chi connectivity index (χ0v) is 9.49. The first-order chi connectivity index (χ1) is 7.72. The lowest BCUT2D eigenvalue weighted by Crippen LogP contribution is -2.26. The van der Waals surface area contributed by atoms with Crippen molar-refractivity contribution in [1.29, 1.82) is 0 Å². The summed E-state index contributed by atoms with van der Waals surface area (Å²) in [6.45, 7) is 2.98. The highest BCUT2D eigenvalue weighted by molar-refractivity contribution is 5.48. The van der Waals surface area contributed by atoms with E-state index in [1.165, 1.54) is 12.1 Å². The van der Waals surface area contributed by atoms with Gasteiger partial charge in [-0.15, -0.1) is 0 Å². The Balaban J connectivity index is 2.29. The molecule has 1 atom stereocenters. The van der Waals surface area contributed by atoms with Crippen LogP contribution in [0.2, 0.25) is 0 Å². The van der Waals surface area contributed by atoms with Crippen LogP contribution in [-0.2, 0) is 0 Å². The van der Waals surface area contributed by atoms with Gasteiger partial charge in [0.25, 0.3) is 0 Å². The molecule has 1 aromatic rings. The van der Waals surface area contributed by atoms with Crippen LogP contribution in [0.5, 0.6) is 0 Å². The molecule has 2 nitrogen and oxygen atoms in total. The number of halogens is 1. The molecule has 0 saturated carbocycles. The molecule has 0 radical (unpaired) electrons. The third-order valence-electron chi connectivity index (χ3n) is 2.33. The molecule has 0 fully saturated rings. The molecule has 2 N–H and O–H groups in total. The third kappa shape index (κ3) is 5.05. The van der Waals surface area contributed by atoms with Gasteiger partial charge in [-0.05, 0) is 31.0 Å². The second-order valence-corrected chi connectivity index (χ2v) is 3.78. The van der Waals surface area contributed by atoms with Crippen molar-refractivity contribution < 1.29 is 9.50 Å². The summed E-state index contributed by atoms with van der Waals surface area (Å²) in [5.74, 6) is -0.216. The summed E-state index contributed by atoms with van der Waals surface area (Å²) >= 11 is 0. The lowest BCUT2D eigenvalue weighted by atomic mass is 10.2. The van der Waals surface area contributed by atoms with Crippen molar-refractivity contribution in [3.63, 3.8) is 0 Å². The molecule has 0 heterocycles. The molecular formula is C13H18FNO. The third-order valence-corrected chi connectivity index (χ3v) is 2.33. The summed E-state index contributed by atoms with van der Waals surface area (Å²) in [7, 11) is 0. The fourth-order valence-electron chi connectivity index (χ4n) is 1.33. The molecule has 0 aliphatic heterocycles. The lowest BCUT2D eigenvalue weighted by molar-refractivity contribution is 0.270. The molecule has 1 rings (SSSR count). The van der Waals surface area contributed by atoms with Crippen LogP contribution in [0.25, 0.3) is 6.08 Å². The highest BCUT2D eigenvalue weighted by atomic mass is 19.1. The minimum absolute atomic E-state index is 0.204. The van der Waals surface area contributed by atoms with Crippen molar-refractivity contribution in [3.8, 4) is 0 Å². The van der Waals surface area contributed by atoms with Gasteiger partial charge in [-0.25, -0.2) is 4.39 Å². The van der Waals surface area contributed by atoms with E-state index in [0.29, 0.717) is 6.04 Å². The van der Waals surface area contributed by atoms with E-state index in [1.807, 2.05) is 19.1 Å². The van der Waals surface area contributed by atoms with Crippen LogP contribution >= 0.6 is 0 Å². The van der Waals surface area contributed by atoms with Gasteiger partial charge in [0.1, 0.15) is 5.82 Å². The van der Waals surface area contributed by atoms with Gasteiger partial charge in [-0.2, -0.15) is 0 Å². The quantitative estimate of drug-likeness (QED) is 0.775. The molecule has 0 bridgehead atoms. The Kier molecular flexibility index (Phi) is 5.75. The summed E-state index contributed by atoms with van der Waals surface area (Å²) in [5.41, 5.74) is 0.984. The van der Waals surface area contributed by atoms with Crippen molar-refractivity contribution in [2.24, 2.45) is 0 Å². The highest BCUT2D eigenvalue weighted by Crippen LogP contribution is 2.04. The number of hydrogen-bond donors (Lipinski definition) is 2. The smallest absolute Gasteiger partial charge is 0.123 e. The van der Waals surface area contributed by atoms with Crippen molar-refractivity contribution in [2.75, 3.05) is 13.2 Å². The Hall–Kier alpha value is -1.19. The van der Waals surface area contributed by atoms with Gasteiger partial charge in [0.05, 0.1) is 0 Å². The summed E-state index contributed by atoms with van der Waals surface area (Å²) in [6.07, 6.45) is 4.68. The van der Waals surface area contributed by atoms with E-state index in [1.54, 1.807) is 12.1 Å². The van der Waals surface area contributed by atoms with Crippen LogP contribution in [0.1, 0.15) is 18.9 Å². The van der Waals surface area contributed by atoms with E-state index in [9.17, 15) is 4.39 Å². The van der Waals surface area contributed by atoms with Gasteiger partial charge >= 0.3 is 0 Å². The van der Waals surface area contributed by atoms with Crippen LogP contribution in [0.15, 0.2) is 30.3 Å². The topological polar surface area (TPSA) is 32.3 Å². The highest BCUT2D eigenvalue weighted by Gasteiger charge is 1.96. The predicted octanol–water partition coefficient (Wildman–Crippen LogP) is 2.20. The van der Waals surface area contributed by atoms with Crippen molar-refractivity contribution in [1.82, 2.24) is 5.32 Å². The second-order valence-electron chi connectivity index (χ2n) is 3.78. The second kappa shape index (κ2) is 7.14. The standard InChI is InChI=1S/C13H18FNO/c1-11(8-10-16)15-9-2-3-12-4-6-13(14)7-5-12/h2-7,11,15-16H,8-10H2,1H3/b3-2+/t11-/m1/s1. The van der Waals surface area contributed by atoms with E-state index in [2.05, 4.69) is 5.32 Å². The van der Waals surface area contributed by atoms with Crippen LogP contribution < -0.4 is 5.32 Å². The molecule has 3 heteroatoms. The average Bonchev–Trinajstić information content (AvgIpc) is 2.27. The molecule has 0 aliphatic rings. The zero-order valence-electron chi connectivity index (χ0n) is 9.49. The van der Waals surface area contributed by atoms with Gasteiger partial charge in [0, 0.05) is 19.2 Å². The van der Waals surface area contributed by atoms with E-state index in [0.717, 1.165) is 18.5 Å². The average molecular weight is 223 g/mol. The van der Waals surface area contributed by atoms with E-state index < -0.39 is 0 Å². The molecule has 0 amide bonds. The normalized spacial score (nSPS) is 13.2. The molecule has 0 unspecified atom stereocenters. The minimum atomic E-state index is -0.216. The number of rotatable bonds is 6. The number of aliphatic hydroxyl groups is 1. The molecule has 1 aromatic carbocycles. The summed E-state index contributed by atoms with van der Waals surface area (Å²) < 4.78 is 12.6. The SMILES string of the molecule is C[C@H](CCO)NC/C=C/c1ccc(F)cc1. The molecule has 0 aromatic heterocycles. The van der Waals surface area contributed by atoms with Crippen molar-refractivity contribution >= 4 is 6.08 Å². The van der Waals surface area contributed by atoms with Gasteiger partial charge in [0.2, 0.25) is 0 Å². The Morgan fingerprint density at radius 3 is 2.69 bits per heavy atom. The first kappa shape index (κ1) is 12.9. The Morgan fingerprint density at radius 2 is 2.06 bits per heavy atom. The molecule has 88 valence electrons. The lowest BCUT2D eigenvalue weighted by Gasteiger charge is -2.09. The van der Waals surface area contributed by atoms with Crippen molar-refractivity contribution in [3.05, 3.63) is 41.7 Å². The first-order valence-electron chi connectivity index (χ1n) is 5.48. The number of hydrogen-bond acceptors (Lipinski definition) is 2. The molecule has 16 heavy (non-hydrogen) atoms. The van der Waals surface area contributed by atoms with E-state index in [4.69, 9.17) is 5.11 Å². The zero-order chi connectivity index (χ0) is 11.8. The van der Waals surface area contributed by atoms with Gasteiger partial charge in [-0.3, -0.25) is 0 Å². The maximum absolute atomic E-state index is 12.6. The van der Waals surface area contributed by atoms with Gasteiger partial charge < -0.3 is 10.4 Å². The largest absolute Gasteiger partial charge is 0.396 e. The van der Waals surface area contributed by atoms with Gasteiger partial charge in [0.15, 0.2) is 0 Å². The Labute approximate surface area is 95.8 Å². The number of aliphatic hydroxyl groups excluding tert-OH is 1. The van der Waals surface area contributed by atoms with E-state index >= 15 is 0 Å².